The molecule has 0 aromatic heterocycles. The van der Waals surface area contributed by atoms with Crippen molar-refractivity contribution in [2.24, 2.45) is 0 Å². The average molecular weight is 315 g/mol. The van der Waals surface area contributed by atoms with Crippen LogP contribution < -0.4 is 0 Å². The van der Waals surface area contributed by atoms with Crippen LogP contribution >= 0.6 is 11.8 Å². The van der Waals surface area contributed by atoms with Crippen LogP contribution in [0.25, 0.3) is 0 Å². The maximum atomic E-state index is 12.8. The number of aliphatic hydroxyl groups is 1. The Morgan fingerprint density at radius 1 is 1.45 bits per heavy atom. The average Bonchev–Trinajstić information content (AvgIpc) is 2.46. The minimum absolute atomic E-state index is 0.140. The molecule has 0 amide bonds. The summed E-state index contributed by atoms with van der Waals surface area (Å²) in [5, 5.41) is 9.56. The molecular weight excluding hydrogens is 294 g/mol. The minimum Gasteiger partial charge on any atom is -0.392 e. The van der Waals surface area contributed by atoms with Crippen molar-refractivity contribution in [2.45, 2.75) is 37.0 Å². The van der Waals surface area contributed by atoms with E-state index in [1.807, 2.05) is 6.92 Å². The summed E-state index contributed by atoms with van der Waals surface area (Å²) < 4.78 is 27.2. The Labute approximate surface area is 125 Å². The highest BCUT2D eigenvalue weighted by Crippen LogP contribution is 2.27. The molecule has 4 nitrogen and oxygen atoms in total. The highest BCUT2D eigenvalue weighted by molar-refractivity contribution is 8.00. The van der Waals surface area contributed by atoms with Crippen molar-refractivity contribution in [3.63, 3.8) is 0 Å². The van der Waals surface area contributed by atoms with E-state index >= 15 is 0 Å². The van der Waals surface area contributed by atoms with Crippen LogP contribution in [0, 0.1) is 0 Å². The summed E-state index contributed by atoms with van der Waals surface area (Å²) in [5.41, 5.74) is 1.45. The SMILES string of the molecule is CCc1ccc(CO)cc1S(=O)(=O)N1CCSC(C)C1. The summed E-state index contributed by atoms with van der Waals surface area (Å²) in [4.78, 5) is 0.352. The van der Waals surface area contributed by atoms with Gasteiger partial charge in [-0.05, 0) is 23.6 Å². The molecule has 1 N–H and O–H groups in total. The summed E-state index contributed by atoms with van der Waals surface area (Å²) in [7, 11) is -3.46. The van der Waals surface area contributed by atoms with Gasteiger partial charge in [-0.15, -0.1) is 0 Å². The number of benzene rings is 1. The molecule has 0 bridgehead atoms. The third-order valence-corrected chi connectivity index (χ3v) is 6.60. The maximum Gasteiger partial charge on any atom is 0.243 e. The topological polar surface area (TPSA) is 57.6 Å². The summed E-state index contributed by atoms with van der Waals surface area (Å²) in [6.07, 6.45) is 0.665. The quantitative estimate of drug-likeness (QED) is 0.921. The summed E-state index contributed by atoms with van der Waals surface area (Å²) >= 11 is 1.80. The molecule has 1 heterocycles. The molecule has 0 saturated carbocycles. The molecule has 1 saturated heterocycles. The Kier molecular flexibility index (Phi) is 5.12. The molecule has 1 aliphatic heterocycles. The number of hydrogen-bond acceptors (Lipinski definition) is 4. The zero-order valence-electron chi connectivity index (χ0n) is 11.9. The number of thioether (sulfide) groups is 1. The first kappa shape index (κ1) is 15.8. The molecule has 1 aromatic rings. The van der Waals surface area contributed by atoms with Gasteiger partial charge in [-0.1, -0.05) is 26.0 Å². The van der Waals surface area contributed by atoms with E-state index in [4.69, 9.17) is 0 Å². The predicted octanol–water partition coefficient (Wildman–Crippen LogP) is 1.87. The fraction of sp³-hybridized carbons (Fsp3) is 0.571. The van der Waals surface area contributed by atoms with E-state index in [0.29, 0.717) is 35.2 Å². The van der Waals surface area contributed by atoms with Crippen molar-refractivity contribution >= 4 is 21.8 Å². The fourth-order valence-electron chi connectivity index (χ4n) is 2.37. The Morgan fingerprint density at radius 2 is 2.20 bits per heavy atom. The van der Waals surface area contributed by atoms with Gasteiger partial charge in [0.05, 0.1) is 11.5 Å². The van der Waals surface area contributed by atoms with Crippen LogP contribution in [0.5, 0.6) is 0 Å². The van der Waals surface area contributed by atoms with Gasteiger partial charge in [0, 0.05) is 24.1 Å². The van der Waals surface area contributed by atoms with Crippen molar-refractivity contribution in [3.8, 4) is 0 Å². The second-order valence-corrected chi connectivity index (χ2v) is 8.45. The monoisotopic (exact) mass is 315 g/mol. The van der Waals surface area contributed by atoms with Gasteiger partial charge < -0.3 is 5.11 Å². The highest BCUT2D eigenvalue weighted by Gasteiger charge is 2.30. The molecule has 20 heavy (non-hydrogen) atoms. The van der Waals surface area contributed by atoms with Gasteiger partial charge in [-0.3, -0.25) is 0 Å². The molecule has 0 spiro atoms. The van der Waals surface area contributed by atoms with E-state index < -0.39 is 10.0 Å². The third-order valence-electron chi connectivity index (χ3n) is 3.52. The van der Waals surface area contributed by atoms with E-state index in [9.17, 15) is 13.5 Å². The van der Waals surface area contributed by atoms with Crippen molar-refractivity contribution in [2.75, 3.05) is 18.8 Å². The third kappa shape index (κ3) is 3.19. The second kappa shape index (κ2) is 6.47. The van der Waals surface area contributed by atoms with Crippen molar-refractivity contribution < 1.29 is 13.5 Å². The van der Waals surface area contributed by atoms with Gasteiger partial charge in [0.25, 0.3) is 0 Å². The second-order valence-electron chi connectivity index (χ2n) is 5.00. The molecule has 1 fully saturated rings. The van der Waals surface area contributed by atoms with Crippen LogP contribution in [0.4, 0.5) is 0 Å². The smallest absolute Gasteiger partial charge is 0.243 e. The van der Waals surface area contributed by atoms with Crippen LogP contribution in [0.15, 0.2) is 23.1 Å². The molecule has 2 rings (SSSR count). The number of aryl methyl sites for hydroxylation is 1. The van der Waals surface area contributed by atoms with Crippen LogP contribution in [-0.4, -0.2) is 41.9 Å². The van der Waals surface area contributed by atoms with E-state index in [1.165, 1.54) is 0 Å². The summed E-state index contributed by atoms with van der Waals surface area (Å²) in [6.45, 7) is 4.97. The lowest BCUT2D eigenvalue weighted by molar-refractivity contribution is 0.281. The fourth-order valence-corrected chi connectivity index (χ4v) is 5.47. The standard InChI is InChI=1S/C14H21NO3S2/c1-3-13-5-4-12(10-16)8-14(13)20(17,18)15-6-7-19-11(2)9-15/h4-5,8,11,16H,3,6-7,9-10H2,1-2H3. The van der Waals surface area contributed by atoms with Crippen LogP contribution in [0.1, 0.15) is 25.0 Å². The molecule has 1 aromatic carbocycles. The van der Waals surface area contributed by atoms with Gasteiger partial charge in [0.2, 0.25) is 10.0 Å². The van der Waals surface area contributed by atoms with E-state index in [0.717, 1.165) is 11.3 Å². The van der Waals surface area contributed by atoms with Gasteiger partial charge >= 0.3 is 0 Å². The number of aliphatic hydroxyl groups excluding tert-OH is 1. The van der Waals surface area contributed by atoms with E-state index in [2.05, 4.69) is 6.92 Å². The predicted molar refractivity (Wildman–Crippen MR) is 82.4 cm³/mol. The number of sulfonamides is 1. The normalized spacial score (nSPS) is 21.1. The van der Waals surface area contributed by atoms with Gasteiger partial charge in [0.15, 0.2) is 0 Å². The van der Waals surface area contributed by atoms with Gasteiger partial charge in [-0.25, -0.2) is 8.42 Å². The zero-order chi connectivity index (χ0) is 14.8. The Hall–Kier alpha value is -0.560. The zero-order valence-corrected chi connectivity index (χ0v) is 13.5. The summed E-state index contributed by atoms with van der Waals surface area (Å²) in [5.74, 6) is 0.835. The van der Waals surface area contributed by atoms with Crippen LogP contribution in [0.3, 0.4) is 0 Å². The first-order chi connectivity index (χ1) is 9.48. The number of hydrogen-bond donors (Lipinski definition) is 1. The lowest BCUT2D eigenvalue weighted by Crippen LogP contribution is -2.41. The van der Waals surface area contributed by atoms with Crippen molar-refractivity contribution in [3.05, 3.63) is 29.3 Å². The van der Waals surface area contributed by atoms with E-state index in [1.54, 1.807) is 34.3 Å². The molecule has 1 atom stereocenters. The molecule has 1 unspecified atom stereocenters. The lowest BCUT2D eigenvalue weighted by Gasteiger charge is -2.30. The Bertz CT molecular complexity index is 572. The van der Waals surface area contributed by atoms with Crippen molar-refractivity contribution in [1.82, 2.24) is 4.31 Å². The van der Waals surface area contributed by atoms with Crippen LogP contribution in [-0.2, 0) is 23.1 Å². The minimum atomic E-state index is -3.46. The Balaban J connectivity index is 2.42. The lowest BCUT2D eigenvalue weighted by atomic mass is 10.1. The molecule has 112 valence electrons. The first-order valence-corrected chi connectivity index (χ1v) is 9.32. The molecule has 6 heteroatoms. The number of nitrogens with zero attached hydrogens (tertiary/aromatic N) is 1. The molecule has 0 radical (unpaired) electrons. The maximum absolute atomic E-state index is 12.8. The van der Waals surface area contributed by atoms with E-state index in [-0.39, 0.29) is 6.61 Å². The van der Waals surface area contributed by atoms with Gasteiger partial charge in [-0.2, -0.15) is 16.1 Å². The summed E-state index contributed by atoms with van der Waals surface area (Å²) in [6, 6.07) is 5.20. The molecule has 1 aliphatic rings. The van der Waals surface area contributed by atoms with Crippen LogP contribution in [0.2, 0.25) is 0 Å². The number of rotatable bonds is 4. The van der Waals surface area contributed by atoms with Gasteiger partial charge in [0.1, 0.15) is 0 Å². The largest absolute Gasteiger partial charge is 0.392 e. The highest BCUT2D eigenvalue weighted by atomic mass is 32.2. The molecular formula is C14H21NO3S2. The molecule has 0 aliphatic carbocycles. The Morgan fingerprint density at radius 3 is 2.80 bits per heavy atom. The first-order valence-electron chi connectivity index (χ1n) is 6.83. The van der Waals surface area contributed by atoms with Crippen molar-refractivity contribution in [1.29, 1.82) is 0 Å².